The summed E-state index contributed by atoms with van der Waals surface area (Å²) in [5.41, 5.74) is 4.99. The quantitative estimate of drug-likeness (QED) is 0.592. The second-order valence-corrected chi connectivity index (χ2v) is 4.28. The normalized spacial score (nSPS) is 21.4. The first kappa shape index (κ1) is 10.2. The molecule has 0 saturated heterocycles. The maximum atomic E-state index is 10.4. The Morgan fingerprint density at radius 1 is 1.40 bits per heavy atom. The van der Waals surface area contributed by atoms with Gasteiger partial charge in [0.25, 0.3) is 0 Å². The minimum absolute atomic E-state index is 0. The van der Waals surface area contributed by atoms with Crippen LogP contribution < -0.4 is 10.9 Å². The van der Waals surface area contributed by atoms with Gasteiger partial charge in [-0.2, -0.15) is 0 Å². The zero-order valence-electron chi connectivity index (χ0n) is 5.41. The fourth-order valence-corrected chi connectivity index (χ4v) is 1.80. The predicted octanol–water partition coefficient (Wildman–Crippen LogP) is -0.812. The summed E-state index contributed by atoms with van der Waals surface area (Å²) in [7, 11) is -3.34. The highest BCUT2D eigenvalue weighted by atomic mass is 35.5. The van der Waals surface area contributed by atoms with Crippen molar-refractivity contribution in [1.29, 1.82) is 0 Å². The minimum Gasteiger partial charge on any atom is -0.324 e. The second-order valence-electron chi connectivity index (χ2n) is 2.67. The number of halogens is 1. The van der Waals surface area contributed by atoms with Gasteiger partial charge in [-0.1, -0.05) is 0 Å². The lowest BCUT2D eigenvalue weighted by atomic mass is 10.4. The number of sulfonamides is 1. The lowest BCUT2D eigenvalue weighted by molar-refractivity contribution is 0.587. The zero-order chi connectivity index (χ0) is 7.12. The summed E-state index contributed by atoms with van der Waals surface area (Å²) in [6, 6.07) is 0. The van der Waals surface area contributed by atoms with Crippen LogP contribution in [0.3, 0.4) is 0 Å². The van der Waals surface area contributed by atoms with Gasteiger partial charge in [0.2, 0.25) is 10.0 Å². The SMILES string of the molecule is Cl.NC1(CS(N)(=O)=O)CC1. The van der Waals surface area contributed by atoms with Crippen LogP contribution in [-0.4, -0.2) is 19.7 Å². The van der Waals surface area contributed by atoms with Crippen LogP contribution in [0.25, 0.3) is 0 Å². The molecule has 0 atom stereocenters. The number of primary sulfonamides is 1. The van der Waals surface area contributed by atoms with Crippen LogP contribution in [0.2, 0.25) is 0 Å². The minimum atomic E-state index is -3.34. The van der Waals surface area contributed by atoms with Crippen molar-refractivity contribution in [2.24, 2.45) is 10.9 Å². The van der Waals surface area contributed by atoms with Gasteiger partial charge in [-0.15, -0.1) is 12.4 Å². The number of rotatable bonds is 2. The first-order valence-electron chi connectivity index (χ1n) is 2.71. The molecule has 0 aromatic rings. The molecule has 4 nitrogen and oxygen atoms in total. The molecule has 6 heteroatoms. The van der Waals surface area contributed by atoms with Gasteiger partial charge in [0.05, 0.1) is 5.75 Å². The summed E-state index contributed by atoms with van der Waals surface area (Å²) in [5, 5.41) is 4.75. The highest BCUT2D eigenvalue weighted by Crippen LogP contribution is 2.32. The van der Waals surface area contributed by atoms with E-state index in [2.05, 4.69) is 0 Å². The van der Waals surface area contributed by atoms with Gasteiger partial charge < -0.3 is 5.73 Å². The van der Waals surface area contributed by atoms with Gasteiger partial charge in [0.15, 0.2) is 0 Å². The van der Waals surface area contributed by atoms with Crippen LogP contribution in [0.4, 0.5) is 0 Å². The molecule has 0 aromatic heterocycles. The Bertz CT molecular complexity index is 209. The van der Waals surface area contributed by atoms with Crippen molar-refractivity contribution < 1.29 is 8.42 Å². The molecule has 0 heterocycles. The van der Waals surface area contributed by atoms with Crippen molar-refractivity contribution in [3.8, 4) is 0 Å². The van der Waals surface area contributed by atoms with Crippen molar-refractivity contribution in [2.45, 2.75) is 18.4 Å². The molecule has 0 radical (unpaired) electrons. The Hall–Kier alpha value is 0.160. The van der Waals surface area contributed by atoms with Gasteiger partial charge >= 0.3 is 0 Å². The van der Waals surface area contributed by atoms with Crippen LogP contribution >= 0.6 is 12.4 Å². The van der Waals surface area contributed by atoms with Crippen molar-refractivity contribution in [3.63, 3.8) is 0 Å². The molecular weight excluding hydrogens is 176 g/mol. The number of hydrogen-bond donors (Lipinski definition) is 2. The fourth-order valence-electron chi connectivity index (χ4n) is 0.706. The second kappa shape index (κ2) is 2.65. The number of nitrogens with two attached hydrogens (primary N) is 2. The molecule has 0 unspecified atom stereocenters. The Balaban J connectivity index is 0.000000810. The van der Waals surface area contributed by atoms with E-state index in [0.29, 0.717) is 0 Å². The largest absolute Gasteiger partial charge is 0.324 e. The molecule has 1 fully saturated rings. The third-order valence-corrected chi connectivity index (χ3v) is 2.36. The maximum Gasteiger partial charge on any atom is 0.210 e. The van der Waals surface area contributed by atoms with Crippen molar-refractivity contribution in [3.05, 3.63) is 0 Å². The summed E-state index contributed by atoms with van der Waals surface area (Å²) in [4.78, 5) is 0. The smallest absolute Gasteiger partial charge is 0.210 e. The van der Waals surface area contributed by atoms with E-state index in [1.54, 1.807) is 0 Å². The standard InChI is InChI=1S/C4H10N2O2S.ClH/c5-4(1-2-4)3-9(6,7)8;/h1-3,5H2,(H2,6,7,8);1H. The molecule has 1 aliphatic rings. The summed E-state index contributed by atoms with van der Waals surface area (Å²) < 4.78 is 20.8. The third kappa shape index (κ3) is 3.36. The topological polar surface area (TPSA) is 86.2 Å². The van der Waals surface area contributed by atoms with E-state index < -0.39 is 15.6 Å². The molecule has 0 amide bonds. The van der Waals surface area contributed by atoms with Crippen LogP contribution in [0.15, 0.2) is 0 Å². The fraction of sp³-hybridized carbons (Fsp3) is 1.00. The van der Waals surface area contributed by atoms with E-state index in [-0.39, 0.29) is 18.2 Å². The Morgan fingerprint density at radius 3 is 1.90 bits per heavy atom. The van der Waals surface area contributed by atoms with E-state index in [0.717, 1.165) is 12.8 Å². The van der Waals surface area contributed by atoms with E-state index in [9.17, 15) is 8.42 Å². The molecule has 0 aromatic carbocycles. The van der Waals surface area contributed by atoms with Crippen molar-refractivity contribution in [2.75, 3.05) is 5.75 Å². The molecule has 0 bridgehead atoms. The monoisotopic (exact) mass is 186 g/mol. The average Bonchev–Trinajstić information content (AvgIpc) is 2.12. The summed E-state index contributed by atoms with van der Waals surface area (Å²) in [5.74, 6) is -0.0694. The molecular formula is C4H11ClN2O2S. The molecule has 0 spiro atoms. The lowest BCUT2D eigenvalue weighted by Crippen LogP contribution is -2.34. The maximum absolute atomic E-state index is 10.4. The third-order valence-electron chi connectivity index (χ3n) is 1.38. The zero-order valence-corrected chi connectivity index (χ0v) is 7.04. The number of hydrogen-bond acceptors (Lipinski definition) is 3. The summed E-state index contributed by atoms with van der Waals surface area (Å²) >= 11 is 0. The Morgan fingerprint density at radius 2 is 1.80 bits per heavy atom. The molecule has 0 aliphatic heterocycles. The predicted molar refractivity (Wildman–Crippen MR) is 41.4 cm³/mol. The van der Waals surface area contributed by atoms with E-state index >= 15 is 0 Å². The van der Waals surface area contributed by atoms with Crippen LogP contribution in [0, 0.1) is 0 Å². The highest BCUT2D eigenvalue weighted by Gasteiger charge is 2.41. The van der Waals surface area contributed by atoms with Crippen molar-refractivity contribution in [1.82, 2.24) is 0 Å². The van der Waals surface area contributed by atoms with E-state index in [1.165, 1.54) is 0 Å². The molecule has 1 saturated carbocycles. The lowest BCUT2D eigenvalue weighted by Gasteiger charge is -2.03. The Labute approximate surface area is 66.4 Å². The first-order valence-corrected chi connectivity index (χ1v) is 4.42. The molecule has 62 valence electrons. The van der Waals surface area contributed by atoms with E-state index in [1.807, 2.05) is 0 Å². The van der Waals surface area contributed by atoms with Gasteiger partial charge in [-0.3, -0.25) is 0 Å². The van der Waals surface area contributed by atoms with Crippen LogP contribution in [0.1, 0.15) is 12.8 Å². The summed E-state index contributed by atoms with van der Waals surface area (Å²) in [6.07, 6.45) is 1.56. The molecule has 4 N–H and O–H groups in total. The van der Waals surface area contributed by atoms with E-state index in [4.69, 9.17) is 10.9 Å². The van der Waals surface area contributed by atoms with Gasteiger partial charge in [0, 0.05) is 5.54 Å². The van der Waals surface area contributed by atoms with Gasteiger partial charge in [-0.25, -0.2) is 13.6 Å². The first-order chi connectivity index (χ1) is 3.91. The average molecular weight is 187 g/mol. The molecule has 1 rings (SSSR count). The molecule has 10 heavy (non-hydrogen) atoms. The van der Waals surface area contributed by atoms with Gasteiger partial charge in [0.1, 0.15) is 0 Å². The Kier molecular flexibility index (Phi) is 2.70. The van der Waals surface area contributed by atoms with Gasteiger partial charge in [-0.05, 0) is 12.8 Å². The van der Waals surface area contributed by atoms with Crippen LogP contribution in [-0.2, 0) is 10.0 Å². The highest BCUT2D eigenvalue weighted by molar-refractivity contribution is 7.89. The molecule has 1 aliphatic carbocycles. The summed E-state index contributed by atoms with van der Waals surface area (Å²) in [6.45, 7) is 0. The van der Waals surface area contributed by atoms with Crippen LogP contribution in [0.5, 0.6) is 0 Å². The van der Waals surface area contributed by atoms with Crippen molar-refractivity contribution >= 4 is 22.4 Å².